The Morgan fingerprint density at radius 1 is 0.909 bits per heavy atom. The van der Waals surface area contributed by atoms with Crippen LogP contribution < -0.4 is 11.2 Å². The van der Waals surface area contributed by atoms with E-state index in [9.17, 15) is 19.7 Å². The van der Waals surface area contributed by atoms with E-state index in [1.165, 1.54) is 11.5 Å². The van der Waals surface area contributed by atoms with Crippen molar-refractivity contribution in [2.45, 2.75) is 6.54 Å². The minimum absolute atomic E-state index is 0.153. The van der Waals surface area contributed by atoms with Crippen LogP contribution in [0, 0.1) is 10.1 Å². The van der Waals surface area contributed by atoms with Gasteiger partial charge in [0.25, 0.3) is 0 Å². The first-order valence-corrected chi connectivity index (χ1v) is 10.2. The average Bonchev–Trinajstić information content (AvgIpc) is 3.14. The SMILES string of the molecule is O=c1[nH]c(/C=C/c2cn(Cc3ccc4ccccc4c3)c3ccccc23)c([N+](=O)[O-])c(=O)[nH]1. The van der Waals surface area contributed by atoms with Gasteiger partial charge in [-0.15, -0.1) is 0 Å². The van der Waals surface area contributed by atoms with Crippen LogP contribution >= 0.6 is 0 Å². The molecule has 3 aromatic carbocycles. The van der Waals surface area contributed by atoms with Crippen LogP contribution in [0.2, 0.25) is 0 Å². The van der Waals surface area contributed by atoms with Gasteiger partial charge in [0.05, 0.1) is 4.92 Å². The first-order valence-electron chi connectivity index (χ1n) is 10.2. The Bertz CT molecular complexity index is 1670. The van der Waals surface area contributed by atoms with Gasteiger partial charge in [-0.25, -0.2) is 4.79 Å². The average molecular weight is 438 g/mol. The highest BCUT2D eigenvalue weighted by Gasteiger charge is 2.19. The highest BCUT2D eigenvalue weighted by atomic mass is 16.6. The Balaban J connectivity index is 1.56. The van der Waals surface area contributed by atoms with Crippen molar-refractivity contribution in [2.24, 2.45) is 0 Å². The topological polar surface area (TPSA) is 114 Å². The summed E-state index contributed by atoms with van der Waals surface area (Å²) >= 11 is 0. The summed E-state index contributed by atoms with van der Waals surface area (Å²) in [5.41, 5.74) is 0.248. The molecule has 8 nitrogen and oxygen atoms in total. The van der Waals surface area contributed by atoms with Gasteiger partial charge in [0, 0.05) is 29.2 Å². The van der Waals surface area contributed by atoms with Gasteiger partial charge in [-0.05, 0) is 34.5 Å². The summed E-state index contributed by atoms with van der Waals surface area (Å²) in [6.07, 6.45) is 5.00. The smallest absolute Gasteiger partial charge is 0.342 e. The molecular formula is C25H18N4O4. The normalized spacial score (nSPS) is 11.5. The monoisotopic (exact) mass is 438 g/mol. The second-order valence-electron chi connectivity index (χ2n) is 7.67. The lowest BCUT2D eigenvalue weighted by atomic mass is 10.1. The Labute approximate surface area is 186 Å². The number of rotatable bonds is 5. The third kappa shape index (κ3) is 3.85. The lowest BCUT2D eigenvalue weighted by Crippen LogP contribution is -2.25. The number of hydrogen-bond donors (Lipinski definition) is 2. The van der Waals surface area contributed by atoms with Gasteiger partial charge in [0.2, 0.25) is 0 Å². The molecule has 0 amide bonds. The molecular weight excluding hydrogens is 420 g/mol. The lowest BCUT2D eigenvalue weighted by molar-refractivity contribution is -0.386. The first-order chi connectivity index (χ1) is 16.0. The zero-order chi connectivity index (χ0) is 22.9. The van der Waals surface area contributed by atoms with Gasteiger partial charge in [-0.2, -0.15) is 0 Å². The van der Waals surface area contributed by atoms with E-state index in [0.717, 1.165) is 27.4 Å². The number of nitrogens with one attached hydrogen (secondary N) is 2. The van der Waals surface area contributed by atoms with E-state index in [-0.39, 0.29) is 5.69 Å². The van der Waals surface area contributed by atoms with E-state index in [2.05, 4.69) is 39.9 Å². The third-order valence-electron chi connectivity index (χ3n) is 5.54. The summed E-state index contributed by atoms with van der Waals surface area (Å²) in [6, 6.07) is 22.4. The zero-order valence-corrected chi connectivity index (χ0v) is 17.3. The van der Waals surface area contributed by atoms with Gasteiger partial charge in [0.15, 0.2) is 0 Å². The fourth-order valence-corrected chi connectivity index (χ4v) is 4.05. The molecule has 2 aromatic heterocycles. The lowest BCUT2D eigenvalue weighted by Gasteiger charge is -2.07. The number of fused-ring (bicyclic) bond motifs is 2. The van der Waals surface area contributed by atoms with Crippen LogP contribution in [0.4, 0.5) is 5.69 Å². The van der Waals surface area contributed by atoms with Crippen molar-refractivity contribution >= 4 is 39.5 Å². The van der Waals surface area contributed by atoms with Crippen molar-refractivity contribution in [2.75, 3.05) is 0 Å². The van der Waals surface area contributed by atoms with E-state index in [1.54, 1.807) is 6.08 Å². The molecule has 162 valence electrons. The highest BCUT2D eigenvalue weighted by molar-refractivity contribution is 5.92. The van der Waals surface area contributed by atoms with Crippen molar-refractivity contribution in [1.82, 2.24) is 14.5 Å². The van der Waals surface area contributed by atoms with Gasteiger partial charge < -0.3 is 9.55 Å². The van der Waals surface area contributed by atoms with Crippen LogP contribution in [0.5, 0.6) is 0 Å². The van der Waals surface area contributed by atoms with Crippen molar-refractivity contribution in [1.29, 1.82) is 0 Å². The van der Waals surface area contributed by atoms with Crippen LogP contribution in [-0.4, -0.2) is 19.5 Å². The molecule has 5 aromatic rings. The molecule has 0 radical (unpaired) electrons. The van der Waals surface area contributed by atoms with Gasteiger partial charge >= 0.3 is 16.9 Å². The van der Waals surface area contributed by atoms with Crippen molar-refractivity contribution in [3.8, 4) is 0 Å². The van der Waals surface area contributed by atoms with Crippen LogP contribution in [0.15, 0.2) is 82.5 Å². The van der Waals surface area contributed by atoms with E-state index >= 15 is 0 Å². The highest BCUT2D eigenvalue weighted by Crippen LogP contribution is 2.25. The summed E-state index contributed by atoms with van der Waals surface area (Å²) in [5.74, 6) is 0. The molecule has 0 aliphatic rings. The minimum Gasteiger partial charge on any atom is -0.342 e. The maximum absolute atomic E-state index is 11.9. The summed E-state index contributed by atoms with van der Waals surface area (Å²) in [5, 5.41) is 14.6. The number of hydrogen-bond acceptors (Lipinski definition) is 4. The van der Waals surface area contributed by atoms with Gasteiger partial charge in [-0.3, -0.25) is 19.9 Å². The number of nitrogens with zero attached hydrogens (tertiary/aromatic N) is 2. The molecule has 8 heteroatoms. The molecule has 0 atom stereocenters. The van der Waals surface area contributed by atoms with Gasteiger partial charge in [0.1, 0.15) is 5.69 Å². The number of benzene rings is 3. The molecule has 0 aliphatic heterocycles. The Morgan fingerprint density at radius 3 is 2.48 bits per heavy atom. The van der Waals surface area contributed by atoms with E-state index < -0.39 is 21.9 Å². The summed E-state index contributed by atoms with van der Waals surface area (Å²) in [7, 11) is 0. The fourth-order valence-electron chi connectivity index (χ4n) is 4.05. The summed E-state index contributed by atoms with van der Waals surface area (Å²) in [6.45, 7) is 0.640. The van der Waals surface area contributed by atoms with Gasteiger partial charge in [-0.1, -0.05) is 60.7 Å². The Morgan fingerprint density at radius 2 is 1.67 bits per heavy atom. The molecule has 33 heavy (non-hydrogen) atoms. The molecule has 0 unspecified atom stereocenters. The quantitative estimate of drug-likeness (QED) is 0.315. The second-order valence-corrected chi connectivity index (χ2v) is 7.67. The van der Waals surface area contributed by atoms with Crippen molar-refractivity contribution in [3.05, 3.63) is 121 Å². The number of H-pyrrole nitrogens is 2. The molecule has 2 heterocycles. The fraction of sp³-hybridized carbons (Fsp3) is 0.0400. The van der Waals surface area contributed by atoms with Crippen molar-refractivity contribution < 1.29 is 4.92 Å². The molecule has 0 saturated carbocycles. The van der Waals surface area contributed by atoms with E-state index in [4.69, 9.17) is 0 Å². The maximum Gasteiger partial charge on any atom is 0.357 e. The Kier molecular flexibility index (Phi) is 4.95. The number of para-hydroxylation sites is 1. The summed E-state index contributed by atoms with van der Waals surface area (Å²) < 4.78 is 2.11. The summed E-state index contributed by atoms with van der Waals surface area (Å²) in [4.78, 5) is 38.2. The molecule has 0 bridgehead atoms. The Hall–Kier alpha value is -4.72. The predicted molar refractivity (Wildman–Crippen MR) is 128 cm³/mol. The minimum atomic E-state index is -1.04. The number of nitro groups is 1. The molecule has 5 rings (SSSR count). The van der Waals surface area contributed by atoms with Crippen LogP contribution in [-0.2, 0) is 6.54 Å². The van der Waals surface area contributed by atoms with Crippen LogP contribution in [0.25, 0.3) is 33.8 Å². The molecule has 0 spiro atoms. The first kappa shape index (κ1) is 20.2. The largest absolute Gasteiger partial charge is 0.357 e. The van der Waals surface area contributed by atoms with Crippen LogP contribution in [0.1, 0.15) is 16.8 Å². The van der Waals surface area contributed by atoms with Crippen molar-refractivity contribution in [3.63, 3.8) is 0 Å². The predicted octanol–water partition coefficient (Wildman–Crippen LogP) is 4.30. The second kappa shape index (κ2) is 8.08. The molecule has 0 saturated heterocycles. The van der Waals surface area contributed by atoms with Crippen LogP contribution in [0.3, 0.4) is 0 Å². The zero-order valence-electron chi connectivity index (χ0n) is 17.3. The number of aromatic nitrogens is 3. The third-order valence-corrected chi connectivity index (χ3v) is 5.54. The van der Waals surface area contributed by atoms with E-state index in [1.807, 2.05) is 47.6 Å². The molecule has 0 fully saturated rings. The van der Waals surface area contributed by atoms with E-state index in [0.29, 0.717) is 6.54 Å². The molecule has 0 aliphatic carbocycles. The number of aromatic amines is 2. The standard InChI is InChI=1S/C25H18N4O4/c30-24-23(29(32)33)21(26-25(31)27-24)12-11-19-15-28(22-8-4-3-7-20(19)22)14-16-9-10-17-5-1-2-6-18(17)13-16/h1-13,15H,14H2,(H2,26,27,30,31)/b12-11+. The molecule has 2 N–H and O–H groups in total. The maximum atomic E-state index is 11.9.